The van der Waals surface area contributed by atoms with Gasteiger partial charge in [0.05, 0.1) is 11.5 Å². The van der Waals surface area contributed by atoms with Crippen LogP contribution in [0.25, 0.3) is 0 Å². The van der Waals surface area contributed by atoms with Crippen LogP contribution < -0.4 is 0 Å². The Hall–Kier alpha value is -2.22. The van der Waals surface area contributed by atoms with Crippen molar-refractivity contribution in [2.24, 2.45) is 50.2 Å². The Kier molecular flexibility index (Phi) is 7.83. The van der Waals surface area contributed by atoms with Gasteiger partial charge in [-0.25, -0.2) is 4.79 Å². The average molecular weight is 614 g/mol. The number of carbonyl (C=O) groups excluding carboxylic acids is 3. The van der Waals surface area contributed by atoms with E-state index in [2.05, 4.69) is 41.5 Å². The molecule has 4 saturated carbocycles. The van der Waals surface area contributed by atoms with Crippen LogP contribution in [0.2, 0.25) is 0 Å². The Morgan fingerprint density at radius 1 is 0.955 bits per heavy atom. The molecule has 0 bridgehead atoms. The molecule has 2 N–H and O–H groups in total. The zero-order valence-electron chi connectivity index (χ0n) is 28.4. The Labute approximate surface area is 263 Å². The van der Waals surface area contributed by atoms with Gasteiger partial charge < -0.3 is 15.1 Å². The summed E-state index contributed by atoms with van der Waals surface area (Å²) in [6.07, 6.45) is 9.76. The fourth-order valence-corrected chi connectivity index (χ4v) is 11.6. The average Bonchev–Trinajstić information content (AvgIpc) is 2.88. The second-order valence-corrected chi connectivity index (χ2v) is 17.3. The first-order chi connectivity index (χ1) is 20.2. The van der Waals surface area contributed by atoms with Crippen molar-refractivity contribution >= 4 is 23.6 Å². The van der Waals surface area contributed by atoms with Gasteiger partial charge in [0.25, 0.3) is 5.91 Å². The fraction of sp³-hybridized carbons (Fsp3) is 0.833. The zero-order chi connectivity index (χ0) is 32.8. The molecule has 246 valence electrons. The maximum Gasteiger partial charge on any atom is 0.332 e. The summed E-state index contributed by atoms with van der Waals surface area (Å²) < 4.78 is 0. The molecule has 8 heteroatoms. The number of carbonyl (C=O) groups is 4. The van der Waals surface area contributed by atoms with E-state index in [1.165, 1.54) is 13.3 Å². The van der Waals surface area contributed by atoms with Crippen LogP contribution >= 0.6 is 0 Å². The van der Waals surface area contributed by atoms with E-state index < -0.39 is 35.4 Å². The molecule has 0 heterocycles. The number of ketones is 1. The number of nitrogens with zero attached hydrogens (tertiary/aromatic N) is 1. The maximum absolute atomic E-state index is 14.5. The standard InChI is InChI=1S/C36H55NO7/c1-21(38)27(29(41)42)37(44-22(2)39)30(43)33(6)16-15-32(5)17-18-35(8)23(24(32)20-33)19-25(40)28-34(7)13-10-12-31(3,4)26(34)11-14-36(28,35)9/h19,21,24,26-28,38H,10-18,20H2,1-9H3,(H,41,42)/t21-,24+,26?,27+,28?,32-,33?,34+,35-,36-/m1/s1. The third-order valence-electron chi connectivity index (χ3n) is 14.2. The molecule has 0 aromatic heterocycles. The number of hydrogen-bond acceptors (Lipinski definition) is 6. The van der Waals surface area contributed by atoms with E-state index in [4.69, 9.17) is 4.84 Å². The molecule has 5 aliphatic rings. The minimum atomic E-state index is -1.72. The first-order valence-corrected chi connectivity index (χ1v) is 16.9. The van der Waals surface area contributed by atoms with Crippen LogP contribution in [-0.4, -0.2) is 51.1 Å². The molecule has 0 spiro atoms. The molecule has 0 aliphatic heterocycles. The molecule has 44 heavy (non-hydrogen) atoms. The largest absolute Gasteiger partial charge is 0.480 e. The lowest BCUT2D eigenvalue weighted by molar-refractivity contribution is -0.224. The normalized spacial score (nSPS) is 44.0. The zero-order valence-corrected chi connectivity index (χ0v) is 28.4. The Morgan fingerprint density at radius 2 is 1.59 bits per heavy atom. The van der Waals surface area contributed by atoms with E-state index in [0.29, 0.717) is 23.8 Å². The summed E-state index contributed by atoms with van der Waals surface area (Å²) in [7, 11) is 0. The lowest BCUT2D eigenvalue weighted by Crippen LogP contribution is -2.65. The van der Waals surface area contributed by atoms with Crippen molar-refractivity contribution in [1.82, 2.24) is 5.06 Å². The topological polar surface area (TPSA) is 121 Å². The molecular weight excluding hydrogens is 558 g/mol. The van der Waals surface area contributed by atoms with E-state index in [9.17, 15) is 29.4 Å². The summed E-state index contributed by atoms with van der Waals surface area (Å²) in [5, 5.41) is 20.8. The number of hydroxylamine groups is 2. The lowest BCUT2D eigenvalue weighted by Gasteiger charge is -2.70. The number of carboxylic acid groups (broad SMARTS) is 1. The summed E-state index contributed by atoms with van der Waals surface area (Å²) >= 11 is 0. The van der Waals surface area contributed by atoms with Gasteiger partial charge >= 0.3 is 11.9 Å². The predicted octanol–water partition coefficient (Wildman–Crippen LogP) is 6.50. The Morgan fingerprint density at radius 3 is 2.18 bits per heavy atom. The second-order valence-electron chi connectivity index (χ2n) is 17.3. The van der Waals surface area contributed by atoms with Crippen molar-refractivity contribution in [2.45, 2.75) is 139 Å². The molecule has 0 radical (unpaired) electrons. The summed E-state index contributed by atoms with van der Waals surface area (Å²) in [5.41, 5.74) is -0.224. The third kappa shape index (κ3) is 4.62. The predicted molar refractivity (Wildman–Crippen MR) is 166 cm³/mol. The van der Waals surface area contributed by atoms with Crippen LogP contribution in [0.4, 0.5) is 0 Å². The molecular formula is C36H55NO7. The van der Waals surface area contributed by atoms with E-state index in [0.717, 1.165) is 57.4 Å². The summed E-state index contributed by atoms with van der Waals surface area (Å²) in [6.45, 7) is 18.4. The Balaban J connectivity index is 1.56. The third-order valence-corrected chi connectivity index (χ3v) is 14.2. The number of allylic oxidation sites excluding steroid dienone is 2. The number of fused-ring (bicyclic) bond motifs is 7. The highest BCUT2D eigenvalue weighted by atomic mass is 16.7. The van der Waals surface area contributed by atoms with Crippen molar-refractivity contribution in [3.05, 3.63) is 11.6 Å². The van der Waals surface area contributed by atoms with Gasteiger partial charge in [-0.05, 0) is 110 Å². The summed E-state index contributed by atoms with van der Waals surface area (Å²) in [6, 6.07) is -1.72. The van der Waals surface area contributed by atoms with Crippen molar-refractivity contribution in [3.63, 3.8) is 0 Å². The lowest BCUT2D eigenvalue weighted by atomic mass is 9.33. The van der Waals surface area contributed by atoms with Crippen molar-refractivity contribution in [3.8, 4) is 0 Å². The van der Waals surface area contributed by atoms with Crippen molar-refractivity contribution in [1.29, 1.82) is 0 Å². The Bertz CT molecular complexity index is 1290. The van der Waals surface area contributed by atoms with Crippen LogP contribution in [0.15, 0.2) is 11.6 Å². The van der Waals surface area contributed by atoms with Gasteiger partial charge in [-0.3, -0.25) is 14.4 Å². The van der Waals surface area contributed by atoms with Crippen LogP contribution in [0.3, 0.4) is 0 Å². The van der Waals surface area contributed by atoms with Gasteiger partial charge in [-0.15, -0.1) is 0 Å². The number of carboxylic acids is 1. The molecule has 0 aromatic carbocycles. The molecule has 5 rings (SSSR count). The molecule has 3 unspecified atom stereocenters. The minimum Gasteiger partial charge on any atom is -0.480 e. The molecule has 0 saturated heterocycles. The molecule has 0 aromatic rings. The fourth-order valence-electron chi connectivity index (χ4n) is 11.6. The monoisotopic (exact) mass is 613 g/mol. The van der Waals surface area contributed by atoms with E-state index in [-0.39, 0.29) is 44.7 Å². The van der Waals surface area contributed by atoms with Gasteiger partial charge in [-0.1, -0.05) is 60.5 Å². The highest BCUT2D eigenvalue weighted by Gasteiger charge is 2.69. The van der Waals surface area contributed by atoms with Crippen molar-refractivity contribution in [2.75, 3.05) is 0 Å². The summed E-state index contributed by atoms with van der Waals surface area (Å²) in [4.78, 5) is 58.2. The van der Waals surface area contributed by atoms with Crippen LogP contribution in [0, 0.1) is 50.2 Å². The highest BCUT2D eigenvalue weighted by molar-refractivity contribution is 5.96. The number of aliphatic hydroxyl groups excluding tert-OH is 1. The minimum absolute atomic E-state index is 0.0372. The number of aliphatic hydroxyl groups is 1. The van der Waals surface area contributed by atoms with Gasteiger partial charge in [0, 0.05) is 12.8 Å². The van der Waals surface area contributed by atoms with Gasteiger partial charge in [-0.2, -0.15) is 5.06 Å². The molecule has 8 nitrogen and oxygen atoms in total. The number of aliphatic carboxylic acids is 1. The summed E-state index contributed by atoms with van der Waals surface area (Å²) in [5.74, 6) is -2.21. The number of rotatable bonds is 4. The quantitative estimate of drug-likeness (QED) is 0.347. The van der Waals surface area contributed by atoms with Crippen LogP contribution in [0.1, 0.15) is 127 Å². The van der Waals surface area contributed by atoms with E-state index >= 15 is 0 Å². The van der Waals surface area contributed by atoms with Gasteiger partial charge in [0.1, 0.15) is 0 Å². The molecule has 4 fully saturated rings. The molecule has 10 atom stereocenters. The molecule has 5 aliphatic carbocycles. The first kappa shape index (κ1) is 33.2. The highest BCUT2D eigenvalue weighted by Crippen LogP contribution is 2.75. The van der Waals surface area contributed by atoms with E-state index in [1.807, 2.05) is 13.0 Å². The van der Waals surface area contributed by atoms with E-state index in [1.54, 1.807) is 0 Å². The van der Waals surface area contributed by atoms with Gasteiger partial charge in [0.15, 0.2) is 11.8 Å². The van der Waals surface area contributed by atoms with Crippen LogP contribution in [-0.2, 0) is 24.0 Å². The van der Waals surface area contributed by atoms with Crippen molar-refractivity contribution < 1.29 is 34.2 Å². The maximum atomic E-state index is 14.5. The molecule has 1 amide bonds. The number of amides is 1. The first-order valence-electron chi connectivity index (χ1n) is 16.9. The van der Waals surface area contributed by atoms with Crippen LogP contribution in [0.5, 0.6) is 0 Å². The smallest absolute Gasteiger partial charge is 0.332 e. The number of hydrogen-bond donors (Lipinski definition) is 2. The van der Waals surface area contributed by atoms with Gasteiger partial charge in [0.2, 0.25) is 0 Å². The SMILES string of the molecule is CC(=O)ON(C(=O)C1(C)CC[C@]2(C)CC[C@]3(C)C(=CC(=O)C4[C@@]5(C)CCCC(C)(C)C5CC[C@]43C)[C@@H]2C1)[C@H](C(=O)O)[C@@H](C)O. The second kappa shape index (κ2) is 10.4.